The van der Waals surface area contributed by atoms with Crippen LogP contribution in [0.25, 0.3) is 15.9 Å². The maximum absolute atomic E-state index is 13.8. The van der Waals surface area contributed by atoms with E-state index in [9.17, 15) is 14.0 Å². The Kier molecular flexibility index (Phi) is 6.50. The van der Waals surface area contributed by atoms with E-state index < -0.39 is 0 Å². The summed E-state index contributed by atoms with van der Waals surface area (Å²) >= 11 is 8.41. The highest BCUT2D eigenvalue weighted by Gasteiger charge is 2.17. The molecule has 6 nitrogen and oxygen atoms in total. The molecule has 32 heavy (non-hydrogen) atoms. The van der Waals surface area contributed by atoms with Gasteiger partial charge in [0.1, 0.15) is 16.3 Å². The van der Waals surface area contributed by atoms with E-state index in [0.717, 1.165) is 11.8 Å². The predicted octanol–water partition coefficient (Wildman–Crippen LogP) is 5.29. The third-order valence-corrected chi connectivity index (χ3v) is 6.68. The van der Waals surface area contributed by atoms with E-state index in [2.05, 4.69) is 10.3 Å². The summed E-state index contributed by atoms with van der Waals surface area (Å²) in [6, 6.07) is 11.1. The number of carbonyl (C=O) groups is 1. The van der Waals surface area contributed by atoms with Crippen LogP contribution in [0.5, 0.6) is 5.75 Å². The van der Waals surface area contributed by atoms with Crippen molar-refractivity contribution in [3.8, 4) is 11.4 Å². The van der Waals surface area contributed by atoms with Gasteiger partial charge in [-0.25, -0.2) is 9.37 Å². The normalized spacial score (nSPS) is 11.0. The molecular weight excluding hydrogens is 473 g/mol. The quantitative estimate of drug-likeness (QED) is 0.294. The molecule has 10 heteroatoms. The Bertz CT molecular complexity index is 1390. The third kappa shape index (κ3) is 4.50. The largest absolute Gasteiger partial charge is 0.495 e. The van der Waals surface area contributed by atoms with Gasteiger partial charge in [-0.05, 0) is 60.3 Å². The highest BCUT2D eigenvalue weighted by atomic mass is 35.5. The van der Waals surface area contributed by atoms with Gasteiger partial charge in [-0.2, -0.15) is 0 Å². The number of methoxy groups -OCH3 is 1. The molecule has 0 unspecified atom stereocenters. The fraction of sp³-hybridized carbons (Fsp3) is 0.136. The molecular formula is C22H17ClFN3O3S2. The van der Waals surface area contributed by atoms with Crippen molar-refractivity contribution in [2.45, 2.75) is 12.1 Å². The van der Waals surface area contributed by atoms with Crippen LogP contribution in [0.3, 0.4) is 0 Å². The monoisotopic (exact) mass is 489 g/mol. The van der Waals surface area contributed by atoms with Gasteiger partial charge >= 0.3 is 0 Å². The van der Waals surface area contributed by atoms with Crippen molar-refractivity contribution in [3.05, 3.63) is 74.6 Å². The van der Waals surface area contributed by atoms with Crippen LogP contribution in [-0.2, 0) is 4.79 Å². The molecule has 2 aromatic heterocycles. The standard InChI is InChI=1S/C22H17ClFN3O3S2/c1-12-9-14(4-5-15(12)24)27-21(29)20-16(7-8-31-20)26-22(27)32-11-19(28)25-17-10-13(23)3-6-18(17)30-2/h3-10H,11H2,1-2H3,(H,25,28). The molecule has 2 aromatic carbocycles. The molecule has 4 rings (SSSR count). The summed E-state index contributed by atoms with van der Waals surface area (Å²) in [5.74, 6) is -0.227. The summed E-state index contributed by atoms with van der Waals surface area (Å²) in [4.78, 5) is 30.3. The average Bonchev–Trinajstić information content (AvgIpc) is 3.24. The van der Waals surface area contributed by atoms with E-state index in [1.165, 1.54) is 35.1 Å². The number of fused-ring (bicyclic) bond motifs is 1. The van der Waals surface area contributed by atoms with E-state index in [0.29, 0.717) is 43.1 Å². The van der Waals surface area contributed by atoms with E-state index in [4.69, 9.17) is 16.3 Å². The fourth-order valence-electron chi connectivity index (χ4n) is 3.08. The lowest BCUT2D eigenvalue weighted by Gasteiger charge is -2.13. The number of nitrogens with zero attached hydrogens (tertiary/aromatic N) is 2. The molecule has 0 aliphatic rings. The number of carbonyl (C=O) groups excluding carboxylic acids is 1. The zero-order chi connectivity index (χ0) is 22.8. The Hall–Kier alpha value is -2.88. The van der Waals surface area contributed by atoms with E-state index >= 15 is 0 Å². The van der Waals surface area contributed by atoms with Crippen molar-refractivity contribution in [1.82, 2.24) is 9.55 Å². The SMILES string of the molecule is COc1ccc(Cl)cc1NC(=O)CSc1nc2ccsc2c(=O)n1-c1ccc(F)c(C)c1. The van der Waals surface area contributed by atoms with Crippen molar-refractivity contribution in [2.24, 2.45) is 0 Å². The summed E-state index contributed by atoms with van der Waals surface area (Å²) in [6.07, 6.45) is 0. The molecule has 0 aliphatic carbocycles. The number of nitrogens with one attached hydrogen (secondary N) is 1. The summed E-state index contributed by atoms with van der Waals surface area (Å²) in [6.45, 7) is 1.62. The van der Waals surface area contributed by atoms with Crippen LogP contribution in [0.1, 0.15) is 5.56 Å². The molecule has 2 heterocycles. The molecule has 0 aliphatic heterocycles. The zero-order valence-corrected chi connectivity index (χ0v) is 19.4. The van der Waals surface area contributed by atoms with Gasteiger partial charge in [-0.3, -0.25) is 14.2 Å². The average molecular weight is 490 g/mol. The Morgan fingerprint density at radius 1 is 1.28 bits per heavy atom. The van der Waals surface area contributed by atoms with Crippen LogP contribution in [0.2, 0.25) is 5.02 Å². The van der Waals surface area contributed by atoms with Crippen LogP contribution >= 0.6 is 34.7 Å². The highest BCUT2D eigenvalue weighted by Crippen LogP contribution is 2.29. The molecule has 0 saturated carbocycles. The second kappa shape index (κ2) is 9.32. The molecule has 164 valence electrons. The Balaban J connectivity index is 1.65. The minimum atomic E-state index is -0.365. The molecule has 0 spiro atoms. The van der Waals surface area contributed by atoms with Gasteiger partial charge in [0.15, 0.2) is 5.16 Å². The summed E-state index contributed by atoms with van der Waals surface area (Å²) in [5, 5.41) is 5.34. The first-order chi connectivity index (χ1) is 15.4. The first-order valence-corrected chi connectivity index (χ1v) is 11.6. The van der Waals surface area contributed by atoms with Gasteiger partial charge in [0, 0.05) is 5.02 Å². The second-order valence-corrected chi connectivity index (χ2v) is 9.08. The zero-order valence-electron chi connectivity index (χ0n) is 17.0. The topological polar surface area (TPSA) is 73.2 Å². The first-order valence-electron chi connectivity index (χ1n) is 9.40. The number of hydrogen-bond donors (Lipinski definition) is 1. The highest BCUT2D eigenvalue weighted by molar-refractivity contribution is 7.99. The first kappa shape index (κ1) is 22.3. The molecule has 1 amide bonds. The molecule has 0 atom stereocenters. The predicted molar refractivity (Wildman–Crippen MR) is 127 cm³/mol. The lowest BCUT2D eigenvalue weighted by atomic mass is 10.2. The minimum Gasteiger partial charge on any atom is -0.495 e. The lowest BCUT2D eigenvalue weighted by molar-refractivity contribution is -0.113. The van der Waals surface area contributed by atoms with Crippen molar-refractivity contribution in [3.63, 3.8) is 0 Å². The van der Waals surface area contributed by atoms with E-state index in [1.807, 2.05) is 0 Å². The van der Waals surface area contributed by atoms with Crippen LogP contribution < -0.4 is 15.6 Å². The van der Waals surface area contributed by atoms with Crippen molar-refractivity contribution in [2.75, 3.05) is 18.2 Å². The number of amides is 1. The number of aryl methyl sites for hydroxylation is 1. The Labute approximate surface area is 196 Å². The fourth-order valence-corrected chi connectivity index (χ4v) is 4.82. The number of thiophene rings is 1. The number of benzene rings is 2. The summed E-state index contributed by atoms with van der Waals surface area (Å²) in [7, 11) is 1.50. The van der Waals surface area contributed by atoms with E-state index in [-0.39, 0.29) is 23.0 Å². The number of ether oxygens (including phenoxy) is 1. The van der Waals surface area contributed by atoms with Gasteiger partial charge in [0.05, 0.1) is 29.8 Å². The van der Waals surface area contributed by atoms with Gasteiger partial charge < -0.3 is 10.1 Å². The van der Waals surface area contributed by atoms with Crippen LogP contribution in [0.4, 0.5) is 10.1 Å². The van der Waals surface area contributed by atoms with Crippen LogP contribution in [-0.4, -0.2) is 28.3 Å². The number of rotatable bonds is 6. The number of aromatic nitrogens is 2. The summed E-state index contributed by atoms with van der Waals surface area (Å²) in [5.41, 5.74) is 1.61. The van der Waals surface area contributed by atoms with Crippen LogP contribution in [0.15, 0.2) is 57.8 Å². The van der Waals surface area contributed by atoms with Gasteiger partial charge in [-0.15, -0.1) is 11.3 Å². The maximum Gasteiger partial charge on any atom is 0.276 e. The maximum atomic E-state index is 13.8. The second-order valence-electron chi connectivity index (χ2n) is 6.78. The number of anilines is 1. The van der Waals surface area contributed by atoms with E-state index in [1.54, 1.807) is 42.6 Å². The van der Waals surface area contributed by atoms with Crippen molar-refractivity contribution in [1.29, 1.82) is 0 Å². The minimum absolute atomic E-state index is 0.0159. The molecule has 4 aromatic rings. The summed E-state index contributed by atoms with van der Waals surface area (Å²) < 4.78 is 20.9. The third-order valence-electron chi connectivity index (χ3n) is 4.62. The van der Waals surface area contributed by atoms with Crippen molar-refractivity contribution >= 4 is 56.5 Å². The number of halogens is 2. The molecule has 0 radical (unpaired) electrons. The van der Waals surface area contributed by atoms with Gasteiger partial charge in [0.2, 0.25) is 5.91 Å². The molecule has 1 N–H and O–H groups in total. The molecule has 0 saturated heterocycles. The van der Waals surface area contributed by atoms with Gasteiger partial charge in [0.25, 0.3) is 5.56 Å². The number of thioether (sulfide) groups is 1. The molecule has 0 bridgehead atoms. The van der Waals surface area contributed by atoms with Gasteiger partial charge in [-0.1, -0.05) is 23.4 Å². The van der Waals surface area contributed by atoms with Crippen molar-refractivity contribution < 1.29 is 13.9 Å². The smallest absolute Gasteiger partial charge is 0.276 e. The Morgan fingerprint density at radius 3 is 2.84 bits per heavy atom. The number of hydrogen-bond acceptors (Lipinski definition) is 6. The molecule has 0 fully saturated rings. The Morgan fingerprint density at radius 2 is 2.09 bits per heavy atom. The lowest BCUT2D eigenvalue weighted by Crippen LogP contribution is -2.22. The van der Waals surface area contributed by atoms with Crippen LogP contribution in [0, 0.1) is 12.7 Å².